The van der Waals surface area contributed by atoms with Crippen LogP contribution in [-0.2, 0) is 0 Å². The van der Waals surface area contributed by atoms with Gasteiger partial charge in [-0.25, -0.2) is 4.79 Å². The molecule has 2 aromatic carbocycles. The van der Waals surface area contributed by atoms with Gasteiger partial charge in [-0.3, -0.25) is 4.98 Å². The lowest BCUT2D eigenvalue weighted by atomic mass is 10.1. The maximum atomic E-state index is 12.1. The summed E-state index contributed by atoms with van der Waals surface area (Å²) < 4.78 is 5.44. The predicted molar refractivity (Wildman–Crippen MR) is 78.2 cm³/mol. The topological polar surface area (TPSA) is 39.2 Å². The molecule has 0 saturated heterocycles. The Labute approximate surface area is 120 Å². The number of carbonyl (C=O) groups is 1. The normalized spacial score (nSPS) is 10.4. The van der Waals surface area contributed by atoms with Crippen LogP contribution in [0.1, 0.15) is 10.4 Å². The number of rotatable bonds is 2. The number of carbonyl (C=O) groups excluding carboxylic acids is 1. The zero-order valence-corrected chi connectivity index (χ0v) is 11.2. The van der Waals surface area contributed by atoms with E-state index in [-0.39, 0.29) is 0 Å². The van der Waals surface area contributed by atoms with Crippen LogP contribution in [0.3, 0.4) is 0 Å². The quantitative estimate of drug-likeness (QED) is 0.525. The maximum absolute atomic E-state index is 12.1. The molecule has 0 aliphatic rings. The number of ether oxygens (including phenoxy) is 1. The summed E-state index contributed by atoms with van der Waals surface area (Å²) in [6, 6.07) is 14.2. The van der Waals surface area contributed by atoms with Gasteiger partial charge in [0.05, 0.1) is 5.56 Å². The molecule has 0 aliphatic carbocycles. The van der Waals surface area contributed by atoms with Crippen LogP contribution in [0.2, 0.25) is 5.02 Å². The predicted octanol–water partition coefficient (Wildman–Crippen LogP) is 4.11. The zero-order chi connectivity index (χ0) is 13.9. The third kappa shape index (κ3) is 2.36. The van der Waals surface area contributed by atoms with Crippen molar-refractivity contribution in [2.24, 2.45) is 0 Å². The number of benzene rings is 2. The van der Waals surface area contributed by atoms with Gasteiger partial charge in [0.1, 0.15) is 5.75 Å². The molecule has 0 spiro atoms. The molecule has 98 valence electrons. The highest BCUT2D eigenvalue weighted by Gasteiger charge is 2.11. The molecular formula is C16H10ClNO2. The molecule has 4 heteroatoms. The van der Waals surface area contributed by atoms with Crippen molar-refractivity contribution in [3.8, 4) is 5.75 Å². The maximum Gasteiger partial charge on any atom is 0.343 e. The highest BCUT2D eigenvalue weighted by molar-refractivity contribution is 6.35. The number of esters is 1. The van der Waals surface area contributed by atoms with E-state index in [1.54, 1.807) is 36.7 Å². The molecule has 1 heterocycles. The Morgan fingerprint density at radius 1 is 0.950 bits per heavy atom. The summed E-state index contributed by atoms with van der Waals surface area (Å²) in [5.74, 6) is 0.0756. The molecule has 20 heavy (non-hydrogen) atoms. The molecule has 3 rings (SSSR count). The van der Waals surface area contributed by atoms with Crippen molar-refractivity contribution in [2.45, 2.75) is 0 Å². The van der Waals surface area contributed by atoms with Crippen LogP contribution in [0, 0.1) is 0 Å². The number of halogens is 1. The zero-order valence-electron chi connectivity index (χ0n) is 10.4. The largest absolute Gasteiger partial charge is 0.422 e. The first-order chi connectivity index (χ1) is 9.75. The van der Waals surface area contributed by atoms with Gasteiger partial charge < -0.3 is 4.74 Å². The molecule has 0 radical (unpaired) electrons. The van der Waals surface area contributed by atoms with Crippen LogP contribution in [0.25, 0.3) is 10.8 Å². The van der Waals surface area contributed by atoms with E-state index in [1.807, 2.05) is 24.3 Å². The van der Waals surface area contributed by atoms with Crippen molar-refractivity contribution in [1.29, 1.82) is 0 Å². The fourth-order valence-electron chi connectivity index (χ4n) is 1.97. The SMILES string of the molecule is O=C(Oc1ccc(Cl)c2ccccc12)c1ccncc1. The molecule has 1 aromatic heterocycles. The summed E-state index contributed by atoms with van der Waals surface area (Å²) in [5, 5.41) is 2.29. The Hall–Kier alpha value is -2.39. The molecule has 0 saturated carbocycles. The molecule has 0 atom stereocenters. The molecule has 0 aliphatic heterocycles. The van der Waals surface area contributed by atoms with Crippen LogP contribution in [0.5, 0.6) is 5.75 Å². The standard InChI is InChI=1S/C16H10ClNO2/c17-14-5-6-15(13-4-2-1-3-12(13)14)20-16(19)11-7-9-18-10-8-11/h1-10H. The Balaban J connectivity index is 2.00. The van der Waals surface area contributed by atoms with Gasteiger partial charge in [-0.2, -0.15) is 0 Å². The number of hydrogen-bond acceptors (Lipinski definition) is 3. The van der Waals surface area contributed by atoms with Crippen LogP contribution >= 0.6 is 11.6 Å². The second kappa shape index (κ2) is 5.31. The van der Waals surface area contributed by atoms with E-state index in [4.69, 9.17) is 16.3 Å². The molecule has 0 fully saturated rings. The number of hydrogen-bond donors (Lipinski definition) is 0. The van der Waals surface area contributed by atoms with Gasteiger partial charge in [-0.05, 0) is 24.3 Å². The highest BCUT2D eigenvalue weighted by Crippen LogP contribution is 2.31. The Bertz CT molecular complexity index is 772. The fraction of sp³-hybridized carbons (Fsp3) is 0. The smallest absolute Gasteiger partial charge is 0.343 e. The highest BCUT2D eigenvalue weighted by atomic mass is 35.5. The number of aromatic nitrogens is 1. The van der Waals surface area contributed by atoms with Gasteiger partial charge in [0.2, 0.25) is 0 Å². The Morgan fingerprint density at radius 2 is 1.65 bits per heavy atom. The van der Waals surface area contributed by atoms with E-state index in [9.17, 15) is 4.79 Å². The Morgan fingerprint density at radius 3 is 2.40 bits per heavy atom. The summed E-state index contributed by atoms with van der Waals surface area (Å²) in [4.78, 5) is 15.9. The van der Waals surface area contributed by atoms with E-state index in [0.29, 0.717) is 16.3 Å². The molecule has 3 nitrogen and oxygen atoms in total. The van der Waals surface area contributed by atoms with Gasteiger partial charge in [0.15, 0.2) is 0 Å². The van der Waals surface area contributed by atoms with E-state index < -0.39 is 5.97 Å². The fourth-order valence-corrected chi connectivity index (χ4v) is 2.20. The number of nitrogens with zero attached hydrogens (tertiary/aromatic N) is 1. The lowest BCUT2D eigenvalue weighted by molar-refractivity contribution is 0.0737. The first-order valence-electron chi connectivity index (χ1n) is 6.05. The van der Waals surface area contributed by atoms with Crippen LogP contribution in [-0.4, -0.2) is 11.0 Å². The first-order valence-corrected chi connectivity index (χ1v) is 6.43. The molecule has 0 unspecified atom stereocenters. The van der Waals surface area contributed by atoms with Gasteiger partial charge in [0.25, 0.3) is 0 Å². The summed E-state index contributed by atoms with van der Waals surface area (Å²) >= 11 is 6.13. The van der Waals surface area contributed by atoms with Gasteiger partial charge in [-0.15, -0.1) is 0 Å². The van der Waals surface area contributed by atoms with E-state index >= 15 is 0 Å². The van der Waals surface area contributed by atoms with Crippen molar-refractivity contribution in [1.82, 2.24) is 4.98 Å². The lowest BCUT2D eigenvalue weighted by Gasteiger charge is -2.08. The number of pyridine rings is 1. The summed E-state index contributed by atoms with van der Waals surface area (Å²) in [6.07, 6.45) is 3.10. The van der Waals surface area contributed by atoms with E-state index in [0.717, 1.165) is 10.8 Å². The molecule has 0 amide bonds. The molecule has 0 N–H and O–H groups in total. The van der Waals surface area contributed by atoms with Crippen molar-refractivity contribution >= 4 is 28.3 Å². The van der Waals surface area contributed by atoms with Crippen LogP contribution in [0.15, 0.2) is 60.9 Å². The monoisotopic (exact) mass is 283 g/mol. The summed E-state index contributed by atoms with van der Waals surface area (Å²) in [7, 11) is 0. The van der Waals surface area contributed by atoms with Crippen LogP contribution in [0.4, 0.5) is 0 Å². The van der Waals surface area contributed by atoms with E-state index in [1.165, 1.54) is 0 Å². The van der Waals surface area contributed by atoms with Gasteiger partial charge >= 0.3 is 5.97 Å². The first kappa shape index (κ1) is 12.6. The minimum absolute atomic E-state index is 0.417. The lowest BCUT2D eigenvalue weighted by Crippen LogP contribution is -2.08. The van der Waals surface area contributed by atoms with Gasteiger partial charge in [-0.1, -0.05) is 35.9 Å². The molecule has 3 aromatic rings. The Kier molecular flexibility index (Phi) is 3.35. The minimum atomic E-state index is -0.417. The third-order valence-electron chi connectivity index (χ3n) is 2.95. The van der Waals surface area contributed by atoms with Crippen molar-refractivity contribution in [2.75, 3.05) is 0 Å². The van der Waals surface area contributed by atoms with Crippen molar-refractivity contribution in [3.63, 3.8) is 0 Å². The summed E-state index contributed by atoms with van der Waals surface area (Å²) in [5.41, 5.74) is 0.457. The second-order valence-corrected chi connectivity index (χ2v) is 4.62. The average Bonchev–Trinajstić information content (AvgIpc) is 2.51. The molecular weight excluding hydrogens is 274 g/mol. The van der Waals surface area contributed by atoms with E-state index in [2.05, 4.69) is 4.98 Å². The third-order valence-corrected chi connectivity index (χ3v) is 3.28. The number of fused-ring (bicyclic) bond motifs is 1. The van der Waals surface area contributed by atoms with Crippen LogP contribution < -0.4 is 4.74 Å². The molecule has 0 bridgehead atoms. The average molecular weight is 284 g/mol. The summed E-state index contributed by atoms with van der Waals surface area (Å²) in [6.45, 7) is 0. The van der Waals surface area contributed by atoms with Crippen molar-refractivity contribution in [3.05, 3.63) is 71.5 Å². The van der Waals surface area contributed by atoms with Crippen molar-refractivity contribution < 1.29 is 9.53 Å². The minimum Gasteiger partial charge on any atom is -0.422 e. The second-order valence-electron chi connectivity index (χ2n) is 4.22. The van der Waals surface area contributed by atoms with Gasteiger partial charge in [0, 0.05) is 28.2 Å².